The highest BCUT2D eigenvalue weighted by molar-refractivity contribution is 7.84. The van der Waals surface area contributed by atoms with E-state index in [0.29, 0.717) is 29.5 Å². The van der Waals surface area contributed by atoms with Gasteiger partial charge in [-0.3, -0.25) is 4.21 Å². The van der Waals surface area contributed by atoms with Crippen LogP contribution in [0.4, 0.5) is 5.69 Å². The average molecular weight is 280 g/mol. The normalized spacial score (nSPS) is 24.9. The maximum absolute atomic E-state index is 12.3. The van der Waals surface area contributed by atoms with Crippen molar-refractivity contribution >= 4 is 27.6 Å². The van der Waals surface area contributed by atoms with Crippen molar-refractivity contribution in [1.82, 2.24) is 4.98 Å². The number of ether oxygens (including phenoxy) is 1. The van der Waals surface area contributed by atoms with E-state index in [2.05, 4.69) is 4.98 Å². The van der Waals surface area contributed by atoms with Gasteiger partial charge in [0.1, 0.15) is 11.3 Å². The number of aromatic nitrogens is 1. The van der Waals surface area contributed by atoms with Gasteiger partial charge in [-0.1, -0.05) is 0 Å². The van der Waals surface area contributed by atoms with Crippen LogP contribution in [-0.2, 0) is 21.3 Å². The molecule has 5 nitrogen and oxygen atoms in total. The lowest BCUT2D eigenvalue weighted by atomic mass is 10.3. The highest BCUT2D eigenvalue weighted by Crippen LogP contribution is 2.23. The zero-order chi connectivity index (χ0) is 13.4. The minimum absolute atomic E-state index is 0.0425. The molecule has 2 aromatic rings. The number of hydrogen-bond acceptors (Lipinski definition) is 5. The van der Waals surface area contributed by atoms with E-state index in [9.17, 15) is 4.21 Å². The summed E-state index contributed by atoms with van der Waals surface area (Å²) in [5, 5.41) is 0.0695. The van der Waals surface area contributed by atoms with Crippen LogP contribution in [0.1, 0.15) is 19.2 Å². The van der Waals surface area contributed by atoms with Gasteiger partial charge in [0.15, 0.2) is 5.58 Å². The molecule has 0 saturated carbocycles. The fraction of sp³-hybridized carbons (Fsp3) is 0.462. The van der Waals surface area contributed by atoms with Crippen LogP contribution in [0.25, 0.3) is 11.1 Å². The largest absolute Gasteiger partial charge is 0.440 e. The van der Waals surface area contributed by atoms with Crippen LogP contribution in [-0.4, -0.2) is 27.2 Å². The molecule has 6 heteroatoms. The number of oxazole rings is 1. The molecule has 0 amide bonds. The maximum Gasteiger partial charge on any atom is 0.208 e. The third kappa shape index (κ3) is 2.50. The molecule has 3 unspecified atom stereocenters. The van der Waals surface area contributed by atoms with E-state index < -0.39 is 10.8 Å². The van der Waals surface area contributed by atoms with E-state index in [0.717, 1.165) is 11.9 Å². The second kappa shape index (κ2) is 4.94. The summed E-state index contributed by atoms with van der Waals surface area (Å²) in [7, 11) is -1.02. The first kappa shape index (κ1) is 12.6. The summed E-state index contributed by atoms with van der Waals surface area (Å²) in [5.74, 6) is 0.825. The highest BCUT2D eigenvalue weighted by Gasteiger charge is 2.30. The van der Waals surface area contributed by atoms with Crippen molar-refractivity contribution in [2.24, 2.45) is 0 Å². The molecule has 1 aromatic carbocycles. The second-order valence-corrected chi connectivity index (χ2v) is 6.42. The van der Waals surface area contributed by atoms with Crippen LogP contribution in [0.5, 0.6) is 0 Å². The standard InChI is InChI=1S/C13H16N2O3S/c1-8-12(4-5-17-8)19(16)7-13-15-10-3-2-9(14)6-11(10)18-13/h2-3,6,8,12H,4-5,7,14H2,1H3. The van der Waals surface area contributed by atoms with Crippen molar-refractivity contribution in [2.75, 3.05) is 12.3 Å². The molecule has 1 fully saturated rings. The molecule has 102 valence electrons. The van der Waals surface area contributed by atoms with Crippen LogP contribution < -0.4 is 5.73 Å². The summed E-state index contributed by atoms with van der Waals surface area (Å²) >= 11 is 0. The molecule has 1 aliphatic heterocycles. The van der Waals surface area contributed by atoms with E-state index in [1.807, 2.05) is 13.0 Å². The Hall–Kier alpha value is -1.40. The Morgan fingerprint density at radius 3 is 3.11 bits per heavy atom. The number of nitrogens with zero attached hydrogens (tertiary/aromatic N) is 1. The summed E-state index contributed by atoms with van der Waals surface area (Å²) in [6.07, 6.45) is 0.877. The number of anilines is 1. The van der Waals surface area contributed by atoms with Crippen molar-refractivity contribution in [3.8, 4) is 0 Å². The molecule has 3 atom stereocenters. The van der Waals surface area contributed by atoms with Gasteiger partial charge in [-0.2, -0.15) is 0 Å². The zero-order valence-corrected chi connectivity index (χ0v) is 11.5. The molecule has 3 rings (SSSR count). The highest BCUT2D eigenvalue weighted by atomic mass is 32.2. The van der Waals surface area contributed by atoms with Crippen molar-refractivity contribution in [3.63, 3.8) is 0 Å². The summed E-state index contributed by atoms with van der Waals surface area (Å²) in [6, 6.07) is 5.32. The number of nitrogens with two attached hydrogens (primary N) is 1. The van der Waals surface area contributed by atoms with E-state index >= 15 is 0 Å². The fourth-order valence-electron chi connectivity index (χ4n) is 2.34. The second-order valence-electron chi connectivity index (χ2n) is 4.76. The predicted molar refractivity (Wildman–Crippen MR) is 74.1 cm³/mol. The molecule has 2 N–H and O–H groups in total. The smallest absolute Gasteiger partial charge is 0.208 e. The van der Waals surface area contributed by atoms with Gasteiger partial charge in [0.25, 0.3) is 0 Å². The van der Waals surface area contributed by atoms with Gasteiger partial charge in [0.05, 0.1) is 11.4 Å². The maximum atomic E-state index is 12.3. The molecule has 0 spiro atoms. The van der Waals surface area contributed by atoms with Crippen molar-refractivity contribution in [2.45, 2.75) is 30.5 Å². The monoisotopic (exact) mass is 280 g/mol. The lowest BCUT2D eigenvalue weighted by Crippen LogP contribution is -2.24. The molecule has 1 saturated heterocycles. The molecule has 0 radical (unpaired) electrons. The Kier molecular flexibility index (Phi) is 3.28. The number of nitrogen functional groups attached to an aromatic ring is 1. The predicted octanol–water partition coefficient (Wildman–Crippen LogP) is 1.84. The SMILES string of the molecule is CC1OCCC1S(=O)Cc1nc2ccc(N)cc2o1. The van der Waals surface area contributed by atoms with Crippen LogP contribution in [0, 0.1) is 0 Å². The van der Waals surface area contributed by atoms with Gasteiger partial charge in [-0.15, -0.1) is 0 Å². The quantitative estimate of drug-likeness (QED) is 0.868. The Labute approximate surface area is 113 Å². The third-order valence-corrected chi connectivity index (χ3v) is 5.19. The van der Waals surface area contributed by atoms with E-state index in [4.69, 9.17) is 14.9 Å². The van der Waals surface area contributed by atoms with E-state index in [1.54, 1.807) is 12.1 Å². The summed E-state index contributed by atoms with van der Waals surface area (Å²) in [5.41, 5.74) is 7.71. The Morgan fingerprint density at radius 1 is 1.53 bits per heavy atom. The summed E-state index contributed by atoms with van der Waals surface area (Å²) in [6.45, 7) is 2.64. The average Bonchev–Trinajstić information content (AvgIpc) is 2.94. The molecule has 1 aromatic heterocycles. The molecule has 19 heavy (non-hydrogen) atoms. The van der Waals surface area contributed by atoms with E-state index in [-0.39, 0.29) is 11.4 Å². The first-order chi connectivity index (χ1) is 9.13. The first-order valence-corrected chi connectivity index (χ1v) is 7.65. The lowest BCUT2D eigenvalue weighted by Gasteiger charge is -2.11. The summed E-state index contributed by atoms with van der Waals surface area (Å²) in [4.78, 5) is 4.33. The van der Waals surface area contributed by atoms with Gasteiger partial charge in [-0.25, -0.2) is 4.98 Å². The van der Waals surface area contributed by atoms with Crippen molar-refractivity contribution in [1.29, 1.82) is 0 Å². The van der Waals surface area contributed by atoms with Crippen molar-refractivity contribution in [3.05, 3.63) is 24.1 Å². The fourth-order valence-corrected chi connectivity index (χ4v) is 3.78. The third-order valence-electron chi connectivity index (χ3n) is 3.37. The molecule has 0 bridgehead atoms. The summed E-state index contributed by atoms with van der Waals surface area (Å²) < 4.78 is 23.3. The minimum atomic E-state index is -1.02. The molecule has 0 aliphatic carbocycles. The first-order valence-electron chi connectivity index (χ1n) is 6.27. The van der Waals surface area contributed by atoms with Crippen LogP contribution in [0.2, 0.25) is 0 Å². The Balaban J connectivity index is 1.79. The van der Waals surface area contributed by atoms with Crippen LogP contribution in [0.15, 0.2) is 22.6 Å². The number of fused-ring (bicyclic) bond motifs is 1. The molecular weight excluding hydrogens is 264 g/mol. The Bertz CT molecular complexity index is 625. The minimum Gasteiger partial charge on any atom is -0.440 e. The van der Waals surface area contributed by atoms with E-state index in [1.165, 1.54) is 0 Å². The molecule has 2 heterocycles. The van der Waals surface area contributed by atoms with Gasteiger partial charge in [0, 0.05) is 29.2 Å². The zero-order valence-electron chi connectivity index (χ0n) is 10.7. The number of hydrogen-bond donors (Lipinski definition) is 1. The van der Waals surface area contributed by atoms with Gasteiger partial charge < -0.3 is 14.9 Å². The number of rotatable bonds is 3. The Morgan fingerprint density at radius 2 is 2.37 bits per heavy atom. The topological polar surface area (TPSA) is 78.3 Å². The lowest BCUT2D eigenvalue weighted by molar-refractivity contribution is 0.127. The van der Waals surface area contributed by atoms with Gasteiger partial charge in [-0.05, 0) is 25.5 Å². The number of benzene rings is 1. The molecular formula is C13H16N2O3S. The van der Waals surface area contributed by atoms with Gasteiger partial charge >= 0.3 is 0 Å². The molecule has 1 aliphatic rings. The van der Waals surface area contributed by atoms with Gasteiger partial charge in [0.2, 0.25) is 5.89 Å². The van der Waals surface area contributed by atoms with Crippen LogP contribution >= 0.6 is 0 Å². The van der Waals surface area contributed by atoms with Crippen molar-refractivity contribution < 1.29 is 13.4 Å². The van der Waals surface area contributed by atoms with Crippen LogP contribution in [0.3, 0.4) is 0 Å².